The van der Waals surface area contributed by atoms with Crippen molar-refractivity contribution in [1.82, 2.24) is 14.9 Å². The van der Waals surface area contributed by atoms with Crippen LogP contribution in [0.2, 0.25) is 0 Å². The second-order valence-electron chi connectivity index (χ2n) is 7.13. The molecule has 5 nitrogen and oxygen atoms in total. The minimum atomic E-state index is 0.754. The lowest BCUT2D eigenvalue weighted by Crippen LogP contribution is -2.21. The molecule has 0 unspecified atom stereocenters. The molecule has 5 heteroatoms. The van der Waals surface area contributed by atoms with E-state index in [1.807, 2.05) is 18.3 Å². The number of anilines is 2. The Morgan fingerprint density at radius 2 is 1.61 bits per heavy atom. The quantitative estimate of drug-likeness (QED) is 0.473. The first-order valence-electron chi connectivity index (χ1n) is 9.56. The monoisotopic (exact) mass is 371 g/mol. The third-order valence-electron chi connectivity index (χ3n) is 4.78. The fourth-order valence-electron chi connectivity index (χ4n) is 3.35. The van der Waals surface area contributed by atoms with E-state index in [4.69, 9.17) is 4.98 Å². The Kier molecular flexibility index (Phi) is 5.35. The van der Waals surface area contributed by atoms with Gasteiger partial charge in [0.2, 0.25) is 0 Å². The fraction of sp³-hybridized carbons (Fsp3) is 0.217. The largest absolute Gasteiger partial charge is 0.380 e. The first-order chi connectivity index (χ1) is 13.7. The van der Waals surface area contributed by atoms with Crippen molar-refractivity contribution in [1.29, 1.82) is 0 Å². The number of rotatable bonds is 7. The fourth-order valence-corrected chi connectivity index (χ4v) is 3.35. The predicted octanol–water partition coefficient (Wildman–Crippen LogP) is 4.37. The molecule has 2 heterocycles. The zero-order valence-corrected chi connectivity index (χ0v) is 16.3. The molecule has 0 radical (unpaired) electrons. The average molecular weight is 371 g/mol. The van der Waals surface area contributed by atoms with Crippen LogP contribution in [-0.2, 0) is 6.54 Å². The summed E-state index contributed by atoms with van der Waals surface area (Å²) in [4.78, 5) is 11.5. The van der Waals surface area contributed by atoms with Gasteiger partial charge in [0, 0.05) is 36.9 Å². The summed E-state index contributed by atoms with van der Waals surface area (Å²) < 4.78 is 0. The molecular weight excluding hydrogens is 346 g/mol. The van der Waals surface area contributed by atoms with Crippen LogP contribution in [0.3, 0.4) is 0 Å². The summed E-state index contributed by atoms with van der Waals surface area (Å²) in [6, 6.07) is 20.8. The van der Waals surface area contributed by atoms with Crippen LogP contribution in [0.15, 0.2) is 66.9 Å². The summed E-state index contributed by atoms with van der Waals surface area (Å²) in [6.07, 6.45) is 1.82. The molecule has 4 rings (SSSR count). The summed E-state index contributed by atoms with van der Waals surface area (Å²) in [5, 5.41) is 10.4. The third-order valence-corrected chi connectivity index (χ3v) is 4.78. The van der Waals surface area contributed by atoms with Crippen molar-refractivity contribution in [3.05, 3.63) is 72.4 Å². The standard InChI is InChI=1S/C23H25N5/c1-28(2)15-14-25-22-19-11-7-6-10-18(19)21-20(12-13-24-23(21)27-22)26-16-17-8-4-3-5-9-17/h3-13H,14-16H2,1-2H3,(H2,24,25,26,27). The van der Waals surface area contributed by atoms with Crippen LogP contribution in [0.1, 0.15) is 5.56 Å². The zero-order valence-electron chi connectivity index (χ0n) is 16.3. The third kappa shape index (κ3) is 3.89. The van der Waals surface area contributed by atoms with Gasteiger partial charge in [-0.05, 0) is 31.1 Å². The molecule has 0 saturated heterocycles. The molecule has 0 fully saturated rings. The van der Waals surface area contributed by atoms with Crippen LogP contribution in [0.5, 0.6) is 0 Å². The summed E-state index contributed by atoms with van der Waals surface area (Å²) in [5.74, 6) is 0.887. The molecule has 4 aromatic rings. The number of pyridine rings is 2. The zero-order chi connectivity index (χ0) is 19.3. The van der Waals surface area contributed by atoms with Crippen LogP contribution in [0, 0.1) is 0 Å². The summed E-state index contributed by atoms with van der Waals surface area (Å²) in [6.45, 7) is 2.54. The van der Waals surface area contributed by atoms with Gasteiger partial charge in [-0.2, -0.15) is 0 Å². The molecule has 0 saturated carbocycles. The number of benzene rings is 2. The van der Waals surface area contributed by atoms with Crippen molar-refractivity contribution in [3.63, 3.8) is 0 Å². The van der Waals surface area contributed by atoms with E-state index in [2.05, 4.69) is 83.1 Å². The number of nitrogens with zero attached hydrogens (tertiary/aromatic N) is 3. The lowest BCUT2D eigenvalue weighted by atomic mass is 10.1. The SMILES string of the molecule is CN(C)CCNc1nc2nccc(NCc3ccccc3)c2c2ccccc12. The minimum absolute atomic E-state index is 0.754. The highest BCUT2D eigenvalue weighted by atomic mass is 15.1. The molecule has 0 aliphatic heterocycles. The molecule has 0 bridgehead atoms. The van der Waals surface area contributed by atoms with E-state index < -0.39 is 0 Å². The van der Waals surface area contributed by atoms with Crippen molar-refractivity contribution in [2.45, 2.75) is 6.54 Å². The van der Waals surface area contributed by atoms with E-state index in [-0.39, 0.29) is 0 Å². The molecule has 0 atom stereocenters. The summed E-state index contributed by atoms with van der Waals surface area (Å²) in [7, 11) is 4.14. The van der Waals surface area contributed by atoms with E-state index in [0.29, 0.717) is 0 Å². The Labute approximate surface area is 165 Å². The van der Waals surface area contributed by atoms with Crippen molar-refractivity contribution in [2.75, 3.05) is 37.8 Å². The lowest BCUT2D eigenvalue weighted by Gasteiger charge is -2.15. The van der Waals surface area contributed by atoms with E-state index in [0.717, 1.165) is 52.9 Å². The van der Waals surface area contributed by atoms with Crippen molar-refractivity contribution in [3.8, 4) is 0 Å². The maximum atomic E-state index is 4.84. The number of aromatic nitrogens is 2. The van der Waals surface area contributed by atoms with E-state index >= 15 is 0 Å². The van der Waals surface area contributed by atoms with E-state index in [1.54, 1.807) is 0 Å². The molecule has 0 amide bonds. The van der Waals surface area contributed by atoms with Gasteiger partial charge in [0.1, 0.15) is 5.82 Å². The molecule has 0 aliphatic rings. The maximum absolute atomic E-state index is 4.84. The van der Waals surface area contributed by atoms with Crippen LogP contribution < -0.4 is 10.6 Å². The number of hydrogen-bond acceptors (Lipinski definition) is 5. The van der Waals surface area contributed by atoms with Crippen LogP contribution >= 0.6 is 0 Å². The van der Waals surface area contributed by atoms with Crippen molar-refractivity contribution < 1.29 is 0 Å². The average Bonchev–Trinajstić information content (AvgIpc) is 2.72. The van der Waals surface area contributed by atoms with Gasteiger partial charge in [0.15, 0.2) is 5.65 Å². The van der Waals surface area contributed by atoms with Gasteiger partial charge in [-0.15, -0.1) is 0 Å². The highest BCUT2D eigenvalue weighted by molar-refractivity contribution is 6.13. The van der Waals surface area contributed by atoms with Gasteiger partial charge in [-0.3, -0.25) is 0 Å². The summed E-state index contributed by atoms with van der Waals surface area (Å²) in [5.41, 5.74) is 3.05. The molecule has 28 heavy (non-hydrogen) atoms. The predicted molar refractivity (Wildman–Crippen MR) is 118 cm³/mol. The molecule has 142 valence electrons. The van der Waals surface area contributed by atoms with Gasteiger partial charge in [0.25, 0.3) is 0 Å². The molecule has 2 N–H and O–H groups in total. The Balaban J connectivity index is 1.73. The molecular formula is C23H25N5. The Morgan fingerprint density at radius 1 is 0.857 bits per heavy atom. The van der Waals surface area contributed by atoms with Gasteiger partial charge < -0.3 is 15.5 Å². The lowest BCUT2D eigenvalue weighted by molar-refractivity contribution is 0.425. The second-order valence-corrected chi connectivity index (χ2v) is 7.13. The van der Waals surface area contributed by atoms with Crippen LogP contribution in [-0.4, -0.2) is 42.1 Å². The number of hydrogen-bond donors (Lipinski definition) is 2. The molecule has 2 aromatic heterocycles. The van der Waals surface area contributed by atoms with Crippen LogP contribution in [0.4, 0.5) is 11.5 Å². The maximum Gasteiger partial charge on any atom is 0.164 e. The number of nitrogens with one attached hydrogen (secondary N) is 2. The second kappa shape index (κ2) is 8.23. The van der Waals surface area contributed by atoms with E-state index in [1.165, 1.54) is 5.56 Å². The van der Waals surface area contributed by atoms with E-state index in [9.17, 15) is 0 Å². The van der Waals surface area contributed by atoms with Crippen molar-refractivity contribution in [2.24, 2.45) is 0 Å². The van der Waals surface area contributed by atoms with Gasteiger partial charge in [-0.25, -0.2) is 9.97 Å². The smallest absolute Gasteiger partial charge is 0.164 e. The molecule has 0 aliphatic carbocycles. The number of fused-ring (bicyclic) bond motifs is 3. The Hall–Kier alpha value is -3.18. The topological polar surface area (TPSA) is 53.1 Å². The van der Waals surface area contributed by atoms with Crippen molar-refractivity contribution >= 4 is 33.3 Å². The summed E-state index contributed by atoms with van der Waals surface area (Å²) >= 11 is 0. The van der Waals surface area contributed by atoms with Gasteiger partial charge >= 0.3 is 0 Å². The first-order valence-corrected chi connectivity index (χ1v) is 9.56. The van der Waals surface area contributed by atoms with Gasteiger partial charge in [0.05, 0.1) is 5.39 Å². The highest BCUT2D eigenvalue weighted by Gasteiger charge is 2.12. The highest BCUT2D eigenvalue weighted by Crippen LogP contribution is 2.33. The molecule has 2 aromatic carbocycles. The normalized spacial score (nSPS) is 11.2. The first kappa shape index (κ1) is 18.2. The molecule has 0 spiro atoms. The van der Waals surface area contributed by atoms with Crippen LogP contribution in [0.25, 0.3) is 21.8 Å². The Bertz CT molecular complexity index is 1080. The number of likely N-dealkylation sites (N-methyl/N-ethyl adjacent to an activating group) is 1. The Morgan fingerprint density at radius 3 is 2.39 bits per heavy atom. The van der Waals surface area contributed by atoms with Gasteiger partial charge in [-0.1, -0.05) is 54.6 Å². The minimum Gasteiger partial charge on any atom is -0.380 e.